The number of nitrogens with zero attached hydrogens (tertiary/aromatic N) is 2. The zero-order valence-electron chi connectivity index (χ0n) is 15.5. The first-order valence-corrected chi connectivity index (χ1v) is 9.30. The van der Waals surface area contributed by atoms with Crippen molar-refractivity contribution < 1.29 is 19.0 Å². The number of amides is 1. The van der Waals surface area contributed by atoms with Gasteiger partial charge in [0.25, 0.3) is 5.91 Å². The fourth-order valence-corrected chi connectivity index (χ4v) is 3.69. The lowest BCUT2D eigenvalue weighted by molar-refractivity contribution is -0.194. The maximum atomic E-state index is 12.4. The van der Waals surface area contributed by atoms with E-state index in [4.69, 9.17) is 14.2 Å². The van der Waals surface area contributed by atoms with E-state index >= 15 is 0 Å². The Morgan fingerprint density at radius 3 is 2.93 bits per heavy atom. The summed E-state index contributed by atoms with van der Waals surface area (Å²) in [5, 5.41) is 0. The summed E-state index contributed by atoms with van der Waals surface area (Å²) < 4.78 is 17.7. The highest BCUT2D eigenvalue weighted by Crippen LogP contribution is 2.35. The molecule has 6 heteroatoms. The molecule has 4 rings (SSSR count). The number of benzene rings is 1. The highest BCUT2D eigenvalue weighted by molar-refractivity contribution is 5.79. The van der Waals surface area contributed by atoms with Crippen LogP contribution in [0.1, 0.15) is 18.4 Å². The average Bonchev–Trinajstić information content (AvgIpc) is 2.66. The number of carbonyl (C=O) groups excluding carboxylic acids is 1. The van der Waals surface area contributed by atoms with Crippen LogP contribution in [0, 0.1) is 6.92 Å². The second-order valence-corrected chi connectivity index (χ2v) is 7.26. The van der Waals surface area contributed by atoms with Gasteiger partial charge >= 0.3 is 0 Å². The number of hydrogen-bond acceptors (Lipinski definition) is 5. The first kappa shape index (κ1) is 17.8. The van der Waals surface area contributed by atoms with Crippen LogP contribution in [0.15, 0.2) is 48.8 Å². The van der Waals surface area contributed by atoms with Crippen molar-refractivity contribution in [3.63, 3.8) is 0 Å². The van der Waals surface area contributed by atoms with E-state index in [9.17, 15) is 4.79 Å². The number of aryl methyl sites for hydroxylation is 1. The Hall–Kier alpha value is -2.60. The second-order valence-electron chi connectivity index (χ2n) is 7.26. The lowest BCUT2D eigenvalue weighted by Crippen LogP contribution is -2.68. The van der Waals surface area contributed by atoms with Crippen LogP contribution in [0.3, 0.4) is 0 Å². The predicted molar refractivity (Wildman–Crippen MR) is 99.8 cm³/mol. The van der Waals surface area contributed by atoms with E-state index in [1.165, 1.54) is 0 Å². The van der Waals surface area contributed by atoms with E-state index in [2.05, 4.69) is 4.98 Å². The molecule has 2 fully saturated rings. The molecule has 2 aliphatic heterocycles. The van der Waals surface area contributed by atoms with Gasteiger partial charge in [0.2, 0.25) is 0 Å². The molecule has 2 aliphatic rings. The molecule has 1 aromatic heterocycles. The Bertz CT molecular complexity index is 790. The summed E-state index contributed by atoms with van der Waals surface area (Å²) >= 11 is 0. The molecule has 142 valence electrons. The molecule has 3 heterocycles. The number of pyridine rings is 1. The van der Waals surface area contributed by atoms with Crippen LogP contribution >= 0.6 is 0 Å². The fourth-order valence-electron chi connectivity index (χ4n) is 3.69. The maximum Gasteiger partial charge on any atom is 0.260 e. The number of ether oxygens (including phenoxy) is 3. The quantitative estimate of drug-likeness (QED) is 0.812. The van der Waals surface area contributed by atoms with Gasteiger partial charge in [-0.25, -0.2) is 0 Å². The molecule has 0 bridgehead atoms. The summed E-state index contributed by atoms with van der Waals surface area (Å²) in [7, 11) is 0. The highest BCUT2D eigenvalue weighted by atomic mass is 16.5. The summed E-state index contributed by atoms with van der Waals surface area (Å²) in [6.07, 6.45) is 5.17. The van der Waals surface area contributed by atoms with Crippen LogP contribution in [0.25, 0.3) is 0 Å². The molecular formula is C21H24N2O4. The molecule has 2 saturated heterocycles. The van der Waals surface area contributed by atoms with Crippen molar-refractivity contribution >= 4 is 5.91 Å². The minimum absolute atomic E-state index is 0.0113. The Morgan fingerprint density at radius 2 is 2.15 bits per heavy atom. The van der Waals surface area contributed by atoms with Crippen LogP contribution < -0.4 is 9.47 Å². The smallest absolute Gasteiger partial charge is 0.260 e. The van der Waals surface area contributed by atoms with Crippen molar-refractivity contribution in [2.75, 3.05) is 26.3 Å². The SMILES string of the molecule is Cc1ccccc1OCC(=O)N1CC2(C[C@H](Oc3cccnc3)CCO2)C1. The summed E-state index contributed by atoms with van der Waals surface area (Å²) in [6.45, 7) is 3.85. The zero-order chi connectivity index (χ0) is 18.7. The number of aromatic nitrogens is 1. The van der Waals surface area contributed by atoms with Crippen LogP contribution in [0.4, 0.5) is 0 Å². The second kappa shape index (κ2) is 7.56. The molecular weight excluding hydrogens is 344 g/mol. The molecule has 1 atom stereocenters. The van der Waals surface area contributed by atoms with Crippen molar-refractivity contribution in [2.24, 2.45) is 0 Å². The normalized spacial score (nSPS) is 20.8. The molecule has 0 unspecified atom stereocenters. The Morgan fingerprint density at radius 1 is 1.30 bits per heavy atom. The molecule has 0 saturated carbocycles. The lowest BCUT2D eigenvalue weighted by Gasteiger charge is -2.52. The van der Waals surface area contributed by atoms with Gasteiger partial charge in [-0.05, 0) is 30.7 Å². The lowest BCUT2D eigenvalue weighted by atomic mass is 9.84. The van der Waals surface area contributed by atoms with Crippen molar-refractivity contribution in [1.29, 1.82) is 0 Å². The van der Waals surface area contributed by atoms with Gasteiger partial charge < -0.3 is 19.1 Å². The topological polar surface area (TPSA) is 60.9 Å². The third kappa shape index (κ3) is 4.06. The highest BCUT2D eigenvalue weighted by Gasteiger charge is 2.49. The summed E-state index contributed by atoms with van der Waals surface area (Å²) in [5.74, 6) is 1.51. The van der Waals surface area contributed by atoms with Crippen molar-refractivity contribution in [3.8, 4) is 11.5 Å². The van der Waals surface area contributed by atoms with Crippen molar-refractivity contribution in [1.82, 2.24) is 9.88 Å². The summed E-state index contributed by atoms with van der Waals surface area (Å²) in [6, 6.07) is 11.5. The third-order valence-electron chi connectivity index (χ3n) is 5.14. The number of carbonyl (C=O) groups is 1. The number of rotatable bonds is 5. The number of hydrogen-bond donors (Lipinski definition) is 0. The van der Waals surface area contributed by atoms with Crippen LogP contribution in [-0.4, -0.2) is 53.8 Å². The first-order chi connectivity index (χ1) is 13.1. The van der Waals surface area contributed by atoms with Crippen LogP contribution in [0.5, 0.6) is 11.5 Å². The number of para-hydroxylation sites is 1. The summed E-state index contributed by atoms with van der Waals surface area (Å²) in [4.78, 5) is 18.3. The fraction of sp³-hybridized carbons (Fsp3) is 0.429. The number of likely N-dealkylation sites (tertiary alicyclic amines) is 1. The zero-order valence-corrected chi connectivity index (χ0v) is 15.5. The van der Waals surface area contributed by atoms with Gasteiger partial charge in [-0.1, -0.05) is 18.2 Å². The van der Waals surface area contributed by atoms with Gasteiger partial charge in [0.1, 0.15) is 23.2 Å². The van der Waals surface area contributed by atoms with E-state index in [-0.39, 0.29) is 24.2 Å². The maximum absolute atomic E-state index is 12.4. The Balaban J connectivity index is 1.27. The third-order valence-corrected chi connectivity index (χ3v) is 5.14. The van der Waals surface area contributed by atoms with Gasteiger partial charge in [0, 0.05) is 19.0 Å². The molecule has 2 aromatic rings. The van der Waals surface area contributed by atoms with E-state index in [0.29, 0.717) is 19.7 Å². The minimum Gasteiger partial charge on any atom is -0.489 e. The van der Waals surface area contributed by atoms with Crippen LogP contribution in [0.2, 0.25) is 0 Å². The molecule has 0 N–H and O–H groups in total. The molecule has 1 aromatic carbocycles. The van der Waals surface area contributed by atoms with E-state index < -0.39 is 0 Å². The van der Waals surface area contributed by atoms with Gasteiger partial charge in [-0.15, -0.1) is 0 Å². The average molecular weight is 368 g/mol. The predicted octanol–water partition coefficient (Wildman–Crippen LogP) is 2.61. The molecule has 27 heavy (non-hydrogen) atoms. The van der Waals surface area contributed by atoms with Crippen molar-refractivity contribution in [2.45, 2.75) is 31.5 Å². The van der Waals surface area contributed by atoms with Gasteiger partial charge in [-0.3, -0.25) is 9.78 Å². The molecule has 0 aliphatic carbocycles. The van der Waals surface area contributed by atoms with Crippen LogP contribution in [-0.2, 0) is 9.53 Å². The molecule has 1 spiro atoms. The molecule has 1 amide bonds. The van der Waals surface area contributed by atoms with E-state index in [1.807, 2.05) is 43.3 Å². The van der Waals surface area contributed by atoms with Gasteiger partial charge in [0.15, 0.2) is 6.61 Å². The van der Waals surface area contributed by atoms with Gasteiger partial charge in [-0.2, -0.15) is 0 Å². The monoisotopic (exact) mass is 368 g/mol. The minimum atomic E-state index is -0.288. The first-order valence-electron chi connectivity index (χ1n) is 9.30. The standard InChI is InChI=1S/C21H24N2O4/c1-16-5-2-3-7-19(16)25-13-20(24)23-14-21(15-23)11-17(8-10-26-21)27-18-6-4-9-22-12-18/h2-7,9,12,17H,8,10-11,13-15H2,1H3/t17-/m1/s1. The molecule has 6 nitrogen and oxygen atoms in total. The van der Waals surface area contributed by atoms with E-state index in [1.54, 1.807) is 17.3 Å². The van der Waals surface area contributed by atoms with E-state index in [0.717, 1.165) is 29.9 Å². The molecule has 0 radical (unpaired) electrons. The Kier molecular flexibility index (Phi) is 4.99. The van der Waals surface area contributed by atoms with Gasteiger partial charge in [0.05, 0.1) is 25.9 Å². The Labute approximate surface area is 159 Å². The summed E-state index contributed by atoms with van der Waals surface area (Å²) in [5.41, 5.74) is 0.736. The largest absolute Gasteiger partial charge is 0.489 e. The van der Waals surface area contributed by atoms with Crippen molar-refractivity contribution in [3.05, 3.63) is 54.4 Å².